The summed E-state index contributed by atoms with van der Waals surface area (Å²) in [6.07, 6.45) is 1.16. The summed E-state index contributed by atoms with van der Waals surface area (Å²) < 4.78 is 0. The molecule has 0 amide bonds. The number of rotatable bonds is 5. The van der Waals surface area contributed by atoms with Gasteiger partial charge in [0.1, 0.15) is 0 Å². The first-order valence-electron chi connectivity index (χ1n) is 7.31. The topological polar surface area (TPSA) is 12.0 Å². The lowest BCUT2D eigenvalue weighted by atomic mass is 9.77. The number of hydrogen-bond acceptors (Lipinski definition) is 1. The first kappa shape index (κ1) is 14.1. The summed E-state index contributed by atoms with van der Waals surface area (Å²) in [7, 11) is 0. The van der Waals surface area contributed by atoms with Gasteiger partial charge >= 0.3 is 0 Å². The summed E-state index contributed by atoms with van der Waals surface area (Å²) >= 11 is 0. The zero-order valence-electron chi connectivity index (χ0n) is 12.5. The van der Waals surface area contributed by atoms with Crippen LogP contribution in [0.3, 0.4) is 0 Å². The second-order valence-electron chi connectivity index (χ2n) is 5.90. The smallest absolute Gasteiger partial charge is 0.0377 e. The fourth-order valence-electron chi connectivity index (χ4n) is 2.72. The van der Waals surface area contributed by atoms with Crippen LogP contribution in [0.25, 0.3) is 10.8 Å². The average Bonchev–Trinajstić information content (AvgIpc) is 2.44. The van der Waals surface area contributed by atoms with Crippen LogP contribution in [0.4, 0.5) is 0 Å². The van der Waals surface area contributed by atoms with Crippen molar-refractivity contribution in [3.63, 3.8) is 0 Å². The SMILES string of the molecule is CCNC(c1cccc2ccccc12)C(C)(C)CC. The second kappa shape index (κ2) is 5.75. The van der Waals surface area contributed by atoms with E-state index in [0.717, 1.165) is 13.0 Å². The van der Waals surface area contributed by atoms with Crippen molar-refractivity contribution in [3.05, 3.63) is 48.0 Å². The minimum Gasteiger partial charge on any atom is -0.310 e. The standard InChI is InChI=1S/C18H25N/c1-5-18(3,4)17(19-6-2)16-13-9-11-14-10-7-8-12-15(14)16/h7-13,17,19H,5-6H2,1-4H3. The van der Waals surface area contributed by atoms with Crippen molar-refractivity contribution in [3.8, 4) is 0 Å². The summed E-state index contributed by atoms with van der Waals surface area (Å²) in [5, 5.41) is 6.38. The van der Waals surface area contributed by atoms with Crippen LogP contribution in [-0.2, 0) is 0 Å². The lowest BCUT2D eigenvalue weighted by molar-refractivity contribution is 0.238. The molecule has 0 saturated carbocycles. The molecule has 0 aliphatic rings. The number of fused-ring (bicyclic) bond motifs is 1. The van der Waals surface area contributed by atoms with E-state index in [1.807, 2.05) is 0 Å². The molecule has 1 heteroatoms. The van der Waals surface area contributed by atoms with Gasteiger partial charge in [-0.25, -0.2) is 0 Å². The molecular weight excluding hydrogens is 230 g/mol. The maximum atomic E-state index is 3.68. The lowest BCUT2D eigenvalue weighted by Crippen LogP contribution is -2.34. The maximum Gasteiger partial charge on any atom is 0.0377 e. The second-order valence-corrected chi connectivity index (χ2v) is 5.90. The molecule has 0 saturated heterocycles. The van der Waals surface area contributed by atoms with Gasteiger partial charge in [-0.1, -0.05) is 70.2 Å². The molecule has 0 heterocycles. The normalized spacial score (nSPS) is 13.7. The molecule has 0 aromatic heterocycles. The predicted molar refractivity (Wildman–Crippen MR) is 84.4 cm³/mol. The summed E-state index contributed by atoms with van der Waals surface area (Å²) in [4.78, 5) is 0. The van der Waals surface area contributed by atoms with E-state index in [1.54, 1.807) is 0 Å². The zero-order chi connectivity index (χ0) is 13.9. The Morgan fingerprint density at radius 2 is 1.68 bits per heavy atom. The Kier molecular flexibility index (Phi) is 4.26. The molecule has 102 valence electrons. The highest BCUT2D eigenvalue weighted by Gasteiger charge is 2.29. The van der Waals surface area contributed by atoms with E-state index >= 15 is 0 Å². The summed E-state index contributed by atoms with van der Waals surface area (Å²) in [6.45, 7) is 10.2. The zero-order valence-corrected chi connectivity index (χ0v) is 12.5. The molecule has 1 unspecified atom stereocenters. The Hall–Kier alpha value is -1.34. The Morgan fingerprint density at radius 3 is 2.37 bits per heavy atom. The lowest BCUT2D eigenvalue weighted by Gasteiger charge is -2.35. The third kappa shape index (κ3) is 2.82. The largest absolute Gasteiger partial charge is 0.310 e. The van der Waals surface area contributed by atoms with Crippen LogP contribution in [0, 0.1) is 5.41 Å². The predicted octanol–water partition coefficient (Wildman–Crippen LogP) is 4.93. The molecule has 0 aliphatic carbocycles. The summed E-state index contributed by atoms with van der Waals surface area (Å²) in [5.41, 5.74) is 1.67. The molecule has 0 radical (unpaired) electrons. The van der Waals surface area contributed by atoms with Gasteiger partial charge in [0.15, 0.2) is 0 Å². The van der Waals surface area contributed by atoms with Crippen molar-refractivity contribution in [2.75, 3.05) is 6.54 Å². The summed E-state index contributed by atoms with van der Waals surface area (Å²) in [6, 6.07) is 15.7. The average molecular weight is 255 g/mol. The number of benzene rings is 2. The van der Waals surface area contributed by atoms with Gasteiger partial charge in [0.25, 0.3) is 0 Å². The van der Waals surface area contributed by atoms with Gasteiger partial charge in [0.2, 0.25) is 0 Å². The number of hydrogen-bond donors (Lipinski definition) is 1. The van der Waals surface area contributed by atoms with Crippen LogP contribution >= 0.6 is 0 Å². The number of nitrogens with one attached hydrogen (secondary N) is 1. The summed E-state index contributed by atoms with van der Waals surface area (Å²) in [5.74, 6) is 0. The Labute approximate surface area is 117 Å². The van der Waals surface area contributed by atoms with Crippen LogP contribution in [-0.4, -0.2) is 6.54 Å². The molecule has 1 N–H and O–H groups in total. The van der Waals surface area contributed by atoms with Crippen LogP contribution < -0.4 is 5.32 Å². The van der Waals surface area contributed by atoms with Crippen molar-refractivity contribution in [1.29, 1.82) is 0 Å². The Morgan fingerprint density at radius 1 is 1.00 bits per heavy atom. The molecule has 0 bridgehead atoms. The van der Waals surface area contributed by atoms with Gasteiger partial charge in [-0.2, -0.15) is 0 Å². The van der Waals surface area contributed by atoms with Crippen molar-refractivity contribution in [2.45, 2.75) is 40.2 Å². The molecular formula is C18H25N. The fourth-order valence-corrected chi connectivity index (χ4v) is 2.72. The Bertz CT molecular complexity index is 537. The highest BCUT2D eigenvalue weighted by atomic mass is 14.9. The maximum absolute atomic E-state index is 3.68. The van der Waals surface area contributed by atoms with Gasteiger partial charge in [-0.05, 0) is 34.7 Å². The highest BCUT2D eigenvalue weighted by molar-refractivity contribution is 5.86. The Balaban J connectivity index is 2.56. The van der Waals surface area contributed by atoms with Crippen LogP contribution in [0.2, 0.25) is 0 Å². The minimum absolute atomic E-state index is 0.250. The quantitative estimate of drug-likeness (QED) is 0.799. The first-order valence-corrected chi connectivity index (χ1v) is 7.31. The van der Waals surface area contributed by atoms with E-state index in [0.29, 0.717) is 6.04 Å². The van der Waals surface area contributed by atoms with Gasteiger partial charge in [0, 0.05) is 6.04 Å². The molecule has 19 heavy (non-hydrogen) atoms. The third-order valence-electron chi connectivity index (χ3n) is 4.24. The first-order chi connectivity index (χ1) is 9.10. The van der Waals surface area contributed by atoms with Crippen LogP contribution in [0.5, 0.6) is 0 Å². The highest BCUT2D eigenvalue weighted by Crippen LogP contribution is 2.38. The molecule has 1 atom stereocenters. The third-order valence-corrected chi connectivity index (χ3v) is 4.24. The molecule has 0 spiro atoms. The van der Waals surface area contributed by atoms with Crippen LogP contribution in [0.15, 0.2) is 42.5 Å². The molecule has 0 aliphatic heterocycles. The monoisotopic (exact) mass is 255 g/mol. The molecule has 2 aromatic rings. The van der Waals surface area contributed by atoms with E-state index in [2.05, 4.69) is 75.5 Å². The van der Waals surface area contributed by atoms with E-state index < -0.39 is 0 Å². The van der Waals surface area contributed by atoms with Crippen molar-refractivity contribution >= 4 is 10.8 Å². The van der Waals surface area contributed by atoms with Crippen molar-refractivity contribution in [2.24, 2.45) is 5.41 Å². The van der Waals surface area contributed by atoms with Gasteiger partial charge in [-0.15, -0.1) is 0 Å². The van der Waals surface area contributed by atoms with Gasteiger partial charge in [0.05, 0.1) is 0 Å². The van der Waals surface area contributed by atoms with E-state index in [4.69, 9.17) is 0 Å². The fraction of sp³-hybridized carbons (Fsp3) is 0.444. The van der Waals surface area contributed by atoms with E-state index in [-0.39, 0.29) is 5.41 Å². The van der Waals surface area contributed by atoms with Crippen molar-refractivity contribution < 1.29 is 0 Å². The molecule has 2 aromatic carbocycles. The van der Waals surface area contributed by atoms with Gasteiger partial charge in [-0.3, -0.25) is 0 Å². The van der Waals surface area contributed by atoms with Crippen molar-refractivity contribution in [1.82, 2.24) is 5.32 Å². The van der Waals surface area contributed by atoms with Gasteiger partial charge < -0.3 is 5.32 Å². The van der Waals surface area contributed by atoms with E-state index in [1.165, 1.54) is 16.3 Å². The minimum atomic E-state index is 0.250. The van der Waals surface area contributed by atoms with E-state index in [9.17, 15) is 0 Å². The van der Waals surface area contributed by atoms with Crippen LogP contribution in [0.1, 0.15) is 45.7 Å². The molecule has 0 fully saturated rings. The molecule has 1 nitrogen and oxygen atoms in total. The molecule has 2 rings (SSSR count).